The van der Waals surface area contributed by atoms with Crippen molar-refractivity contribution < 1.29 is 0 Å². The van der Waals surface area contributed by atoms with Crippen LogP contribution in [0.1, 0.15) is 16.3 Å². The average molecular weight is 401 g/mol. The van der Waals surface area contributed by atoms with E-state index in [9.17, 15) is 0 Å². The first-order valence-electron chi connectivity index (χ1n) is 6.86. The smallest absolute Gasteiger partial charge is 0.0972 e. The number of thioether (sulfide) groups is 1. The number of nitrogens with zero attached hydrogens (tertiary/aromatic N) is 1. The van der Waals surface area contributed by atoms with Crippen LogP contribution in [0.4, 0.5) is 0 Å². The van der Waals surface area contributed by atoms with Gasteiger partial charge in [0, 0.05) is 27.5 Å². The van der Waals surface area contributed by atoms with Crippen LogP contribution in [0.2, 0.25) is 15.1 Å². The van der Waals surface area contributed by atoms with E-state index in [2.05, 4.69) is 10.4 Å². The van der Waals surface area contributed by atoms with Gasteiger partial charge in [-0.1, -0.05) is 40.9 Å². The van der Waals surface area contributed by atoms with Crippen molar-refractivity contribution in [2.24, 2.45) is 0 Å². The van der Waals surface area contributed by atoms with Gasteiger partial charge in [0.2, 0.25) is 0 Å². The molecule has 0 aliphatic rings. The van der Waals surface area contributed by atoms with E-state index in [1.807, 2.05) is 42.5 Å². The summed E-state index contributed by atoms with van der Waals surface area (Å²) in [6.45, 7) is 0. The third-order valence-corrected chi connectivity index (χ3v) is 6.07. The van der Waals surface area contributed by atoms with Gasteiger partial charge in [0.05, 0.1) is 20.7 Å². The largest absolute Gasteiger partial charge is 0.245 e. The van der Waals surface area contributed by atoms with E-state index in [4.69, 9.17) is 34.8 Å². The normalized spacial score (nSPS) is 10.9. The molecule has 0 spiro atoms. The summed E-state index contributed by atoms with van der Waals surface area (Å²) in [5.41, 5.74) is 2.20. The van der Waals surface area contributed by atoms with E-state index in [1.165, 1.54) is 4.90 Å². The summed E-state index contributed by atoms with van der Waals surface area (Å²) in [5, 5.41) is 5.10. The second-order valence-corrected chi connectivity index (χ2v) is 8.14. The maximum atomic E-state index is 6.05. The number of hydrogen-bond acceptors (Lipinski definition) is 3. The molecule has 1 nitrogen and oxygen atoms in total. The summed E-state index contributed by atoms with van der Waals surface area (Å²) in [6, 6.07) is 13.6. The first-order chi connectivity index (χ1) is 11.1. The predicted octanol–water partition coefficient (Wildman–Crippen LogP) is 6.99. The van der Waals surface area contributed by atoms with E-state index in [-0.39, 0.29) is 0 Å². The lowest BCUT2D eigenvalue weighted by atomic mass is 10.2. The summed E-state index contributed by atoms with van der Waals surface area (Å²) in [4.78, 5) is 5.87. The highest BCUT2D eigenvalue weighted by atomic mass is 35.5. The summed E-state index contributed by atoms with van der Waals surface area (Å²) in [5.74, 6) is 0.847. The Morgan fingerprint density at radius 2 is 1.74 bits per heavy atom. The van der Waals surface area contributed by atoms with Crippen LogP contribution >= 0.6 is 57.9 Å². The van der Waals surface area contributed by atoms with Gasteiger partial charge in [-0.15, -0.1) is 23.1 Å². The summed E-state index contributed by atoms with van der Waals surface area (Å²) in [7, 11) is 0. The molecule has 1 aromatic heterocycles. The van der Waals surface area contributed by atoms with E-state index in [1.54, 1.807) is 23.1 Å². The number of thiazole rings is 1. The second kappa shape index (κ2) is 7.91. The molecule has 6 heteroatoms. The van der Waals surface area contributed by atoms with E-state index < -0.39 is 0 Å². The lowest BCUT2D eigenvalue weighted by Crippen LogP contribution is -1.89. The Bertz CT molecular complexity index is 800. The Labute approximate surface area is 158 Å². The molecule has 0 aliphatic heterocycles. The van der Waals surface area contributed by atoms with Crippen LogP contribution in [0.5, 0.6) is 0 Å². The summed E-state index contributed by atoms with van der Waals surface area (Å²) < 4.78 is 0. The quantitative estimate of drug-likeness (QED) is 0.428. The van der Waals surface area contributed by atoms with Gasteiger partial charge in [-0.2, -0.15) is 0 Å². The maximum Gasteiger partial charge on any atom is 0.0972 e. The average Bonchev–Trinajstić information content (AvgIpc) is 2.98. The van der Waals surface area contributed by atoms with Gasteiger partial charge in [-0.25, -0.2) is 4.98 Å². The van der Waals surface area contributed by atoms with Crippen molar-refractivity contribution in [1.29, 1.82) is 0 Å². The van der Waals surface area contributed by atoms with Crippen LogP contribution in [-0.2, 0) is 12.2 Å². The topological polar surface area (TPSA) is 12.9 Å². The Balaban J connectivity index is 1.61. The van der Waals surface area contributed by atoms with Gasteiger partial charge in [-0.3, -0.25) is 0 Å². The minimum absolute atomic E-state index is 0.578. The van der Waals surface area contributed by atoms with Crippen molar-refractivity contribution in [3.8, 4) is 0 Å². The van der Waals surface area contributed by atoms with Crippen molar-refractivity contribution in [1.82, 2.24) is 4.98 Å². The highest BCUT2D eigenvalue weighted by Gasteiger charge is 2.06. The van der Waals surface area contributed by atoms with Crippen molar-refractivity contribution in [3.05, 3.63) is 79.2 Å². The zero-order chi connectivity index (χ0) is 16.2. The fraction of sp³-hybridized carbons (Fsp3) is 0.118. The lowest BCUT2D eigenvalue weighted by Gasteiger charge is -2.01. The molecule has 0 amide bonds. The molecule has 0 unspecified atom stereocenters. The van der Waals surface area contributed by atoms with Crippen LogP contribution in [-0.4, -0.2) is 4.98 Å². The third-order valence-electron chi connectivity index (χ3n) is 3.14. The van der Waals surface area contributed by atoms with Crippen molar-refractivity contribution in [2.75, 3.05) is 0 Å². The molecule has 0 saturated heterocycles. The number of halogens is 3. The van der Waals surface area contributed by atoms with Crippen molar-refractivity contribution in [2.45, 2.75) is 17.1 Å². The first-order valence-corrected chi connectivity index (χ1v) is 9.85. The van der Waals surface area contributed by atoms with Gasteiger partial charge in [0.1, 0.15) is 0 Å². The van der Waals surface area contributed by atoms with Crippen LogP contribution in [0, 0.1) is 0 Å². The van der Waals surface area contributed by atoms with Crippen molar-refractivity contribution >= 4 is 57.9 Å². The fourth-order valence-corrected chi connectivity index (χ4v) is 4.18. The minimum atomic E-state index is 0.578. The van der Waals surface area contributed by atoms with Crippen LogP contribution < -0.4 is 0 Å². The Morgan fingerprint density at radius 3 is 2.48 bits per heavy atom. The molecule has 0 radical (unpaired) electrons. The van der Waals surface area contributed by atoms with Crippen molar-refractivity contribution in [3.63, 3.8) is 0 Å². The highest BCUT2D eigenvalue weighted by Crippen LogP contribution is 2.27. The molecule has 0 N–H and O–H groups in total. The molecule has 3 aromatic rings. The number of hydrogen-bond donors (Lipinski definition) is 0. The molecule has 0 bridgehead atoms. The standard InChI is InChI=1S/C17H12Cl3NS2/c18-12-2-4-14(5-3-12)22-9-13-10-23-17(21-13)8-11-1-6-15(19)16(20)7-11/h1-7,10H,8-9H2. The first kappa shape index (κ1) is 17.1. The predicted molar refractivity (Wildman–Crippen MR) is 102 cm³/mol. The molecule has 3 rings (SSSR count). The zero-order valence-corrected chi connectivity index (χ0v) is 15.8. The third kappa shape index (κ3) is 4.88. The fourth-order valence-electron chi connectivity index (χ4n) is 2.01. The summed E-state index contributed by atoms with van der Waals surface area (Å²) >= 11 is 21.3. The zero-order valence-electron chi connectivity index (χ0n) is 11.9. The maximum absolute atomic E-state index is 6.05. The number of rotatable bonds is 5. The molecule has 0 aliphatic carbocycles. The SMILES string of the molecule is Clc1ccc(SCc2csc(Cc3ccc(Cl)c(Cl)c3)n2)cc1. The Kier molecular flexibility index (Phi) is 5.89. The van der Waals surface area contributed by atoms with Crippen LogP contribution in [0.3, 0.4) is 0 Å². The van der Waals surface area contributed by atoms with Crippen LogP contribution in [0.15, 0.2) is 52.7 Å². The molecular formula is C17H12Cl3NS2. The van der Waals surface area contributed by atoms with Gasteiger partial charge < -0.3 is 0 Å². The molecule has 1 heterocycles. The van der Waals surface area contributed by atoms with Gasteiger partial charge in [0.25, 0.3) is 0 Å². The number of benzene rings is 2. The summed E-state index contributed by atoms with van der Waals surface area (Å²) in [6.07, 6.45) is 0.771. The van der Waals surface area contributed by atoms with E-state index in [0.29, 0.717) is 10.0 Å². The Hall–Kier alpha value is -0.710. The van der Waals surface area contributed by atoms with Gasteiger partial charge in [-0.05, 0) is 42.0 Å². The highest BCUT2D eigenvalue weighted by molar-refractivity contribution is 7.98. The molecule has 0 fully saturated rings. The van der Waals surface area contributed by atoms with Gasteiger partial charge in [0.15, 0.2) is 0 Å². The van der Waals surface area contributed by atoms with Crippen LogP contribution in [0.25, 0.3) is 0 Å². The minimum Gasteiger partial charge on any atom is -0.245 e. The molecule has 0 saturated carbocycles. The monoisotopic (exact) mass is 399 g/mol. The Morgan fingerprint density at radius 1 is 0.957 bits per heavy atom. The molecule has 118 valence electrons. The van der Waals surface area contributed by atoms with E-state index >= 15 is 0 Å². The molecular weight excluding hydrogens is 389 g/mol. The molecule has 2 aromatic carbocycles. The lowest BCUT2D eigenvalue weighted by molar-refractivity contribution is 1.09. The molecule has 23 heavy (non-hydrogen) atoms. The van der Waals surface area contributed by atoms with E-state index in [0.717, 1.165) is 33.5 Å². The van der Waals surface area contributed by atoms with Gasteiger partial charge >= 0.3 is 0 Å². The number of aromatic nitrogens is 1. The molecule has 0 atom stereocenters. The second-order valence-electron chi connectivity index (χ2n) is 4.90.